The topological polar surface area (TPSA) is 18.5 Å². The molecule has 0 bridgehead atoms. The van der Waals surface area contributed by atoms with Gasteiger partial charge in [0, 0.05) is 25.9 Å². The van der Waals surface area contributed by atoms with Crippen molar-refractivity contribution in [1.82, 2.24) is 0 Å². The van der Waals surface area contributed by atoms with Crippen molar-refractivity contribution in [2.45, 2.75) is 49.0 Å². The molecule has 0 aliphatic carbocycles. The SMILES string of the molecule is [2H]B1OB([2H])C2([Si](C)(C)C)B(OC)C12[Si](C)(C)C. The van der Waals surface area contributed by atoms with E-state index in [0.717, 1.165) is 0 Å². The lowest BCUT2D eigenvalue weighted by atomic mass is 9.67. The zero-order valence-electron chi connectivity index (χ0n) is 13.5. The summed E-state index contributed by atoms with van der Waals surface area (Å²) in [4.78, 5) is -0.378. The molecule has 16 heavy (non-hydrogen) atoms. The lowest BCUT2D eigenvalue weighted by Crippen LogP contribution is -2.41. The van der Waals surface area contributed by atoms with Gasteiger partial charge in [-0.15, -0.1) is 0 Å². The largest absolute Gasteiger partial charge is 0.504 e. The minimum absolute atomic E-state index is 0.0575. The van der Waals surface area contributed by atoms with Gasteiger partial charge in [-0.1, -0.05) is 39.3 Å². The number of hydrogen-bond donors (Lipinski definition) is 0. The van der Waals surface area contributed by atoms with E-state index in [0.29, 0.717) is 0 Å². The molecule has 88 valence electrons. The molecule has 2 nitrogen and oxygen atoms in total. The fraction of sp³-hybridized carbons (Fsp3) is 1.00. The van der Waals surface area contributed by atoms with Crippen molar-refractivity contribution in [3.8, 4) is 0 Å². The van der Waals surface area contributed by atoms with Gasteiger partial charge in [0.1, 0.15) is 0 Å². The maximum Gasteiger partial charge on any atom is 0.287 e. The first-order chi connectivity index (χ1) is 7.99. The van der Waals surface area contributed by atoms with Gasteiger partial charge in [-0.3, -0.25) is 0 Å². The van der Waals surface area contributed by atoms with E-state index in [9.17, 15) is 0 Å². The summed E-state index contributed by atoms with van der Waals surface area (Å²) in [5.41, 5.74) is 0. The Bertz CT molecular complexity index is 344. The quantitative estimate of drug-likeness (QED) is 0.711. The first-order valence-electron chi connectivity index (χ1n) is 7.17. The average molecular weight is 254 g/mol. The molecule has 0 aromatic rings. The molecule has 0 saturated carbocycles. The van der Waals surface area contributed by atoms with E-state index in [4.69, 9.17) is 11.9 Å². The Morgan fingerprint density at radius 3 is 1.62 bits per heavy atom. The summed E-state index contributed by atoms with van der Waals surface area (Å²) in [5.74, 6) is 0. The van der Waals surface area contributed by atoms with Crippen molar-refractivity contribution in [3.05, 3.63) is 0 Å². The average Bonchev–Trinajstić information content (AvgIpc) is 2.73. The monoisotopic (exact) mass is 254 g/mol. The van der Waals surface area contributed by atoms with Crippen LogP contribution in [-0.2, 0) is 9.23 Å². The second kappa shape index (κ2) is 3.31. The molecule has 0 N–H and O–H groups in total. The molecule has 7 heteroatoms. The third-order valence-electron chi connectivity index (χ3n) is 4.65. The molecule has 0 spiro atoms. The van der Waals surface area contributed by atoms with Crippen molar-refractivity contribution in [2.24, 2.45) is 0 Å². The Hall–Kier alpha value is 0.549. The van der Waals surface area contributed by atoms with E-state index >= 15 is 0 Å². The van der Waals surface area contributed by atoms with Gasteiger partial charge in [-0.25, -0.2) is 0 Å². The Balaban J connectivity index is 2.63. The van der Waals surface area contributed by atoms with Gasteiger partial charge >= 0.3 is 0 Å². The molecular formula is C9H23B3O2Si2. The van der Waals surface area contributed by atoms with Gasteiger partial charge in [0.15, 0.2) is 0 Å². The van der Waals surface area contributed by atoms with Crippen molar-refractivity contribution < 1.29 is 9.23 Å². The van der Waals surface area contributed by atoms with Gasteiger partial charge < -0.3 is 9.23 Å². The van der Waals surface area contributed by atoms with Gasteiger partial charge in [-0.05, 0) is 9.67 Å². The highest BCUT2D eigenvalue weighted by Gasteiger charge is 2.89. The van der Waals surface area contributed by atoms with E-state index in [1.54, 1.807) is 7.11 Å². The predicted molar refractivity (Wildman–Crippen MR) is 80.2 cm³/mol. The number of rotatable bonds is 3. The molecule has 2 saturated heterocycles. The molecule has 0 aromatic heterocycles. The predicted octanol–water partition coefficient (Wildman–Crippen LogP) is 1.52. The van der Waals surface area contributed by atoms with E-state index in [1.807, 2.05) is 0 Å². The highest BCUT2D eigenvalue weighted by molar-refractivity contribution is 7.26. The van der Waals surface area contributed by atoms with Crippen LogP contribution >= 0.6 is 0 Å². The smallest absolute Gasteiger partial charge is 0.287 e. The van der Waals surface area contributed by atoms with Crippen molar-refractivity contribution >= 4 is 38.0 Å². The normalized spacial score (nSPS) is 40.8. The van der Waals surface area contributed by atoms with Crippen LogP contribution in [-0.4, -0.2) is 47.7 Å². The standard InChI is InChI=1S/C9H23B3O2Si2/c1-13-12-8(15(2,3)4)9(12,11-14-10-8)16(5,6)7/h10-11H,1-7H3/i10D,11D. The maximum atomic E-state index is 8.39. The zero-order chi connectivity index (χ0) is 14.1. The van der Waals surface area contributed by atoms with Crippen LogP contribution < -0.4 is 0 Å². The second-order valence-corrected chi connectivity index (χ2v) is 17.9. The molecule has 0 amide bonds. The Morgan fingerprint density at radius 1 is 1.06 bits per heavy atom. The number of hydrogen-bond acceptors (Lipinski definition) is 2. The maximum absolute atomic E-state index is 8.39. The third kappa shape index (κ3) is 1.18. The molecule has 2 atom stereocenters. The summed E-state index contributed by atoms with van der Waals surface area (Å²) in [6.45, 7) is 13.8. The lowest BCUT2D eigenvalue weighted by molar-refractivity contribution is 0.434. The van der Waals surface area contributed by atoms with E-state index in [-0.39, 0.29) is 16.6 Å². The van der Waals surface area contributed by atoms with E-state index in [1.165, 1.54) is 0 Å². The van der Waals surface area contributed by atoms with Crippen molar-refractivity contribution in [1.29, 1.82) is 2.67 Å². The molecule has 2 unspecified atom stereocenters. The molecule has 0 aromatic carbocycles. The molecular weight excluding hydrogens is 229 g/mol. The first-order valence-corrected chi connectivity index (χ1v) is 13.0. The van der Waals surface area contributed by atoms with Crippen LogP contribution in [0.4, 0.5) is 0 Å². The van der Waals surface area contributed by atoms with Crippen molar-refractivity contribution in [2.75, 3.05) is 7.11 Å². The molecule has 2 fully saturated rings. The minimum Gasteiger partial charge on any atom is -0.504 e. The Kier molecular flexibility index (Phi) is 2.16. The van der Waals surface area contributed by atoms with Crippen LogP contribution in [0.5, 0.6) is 0 Å². The van der Waals surface area contributed by atoms with Gasteiger partial charge in [-0.2, -0.15) is 0 Å². The fourth-order valence-electron chi connectivity index (χ4n) is 3.80. The van der Waals surface area contributed by atoms with E-state index in [2.05, 4.69) is 39.3 Å². The highest BCUT2D eigenvalue weighted by Crippen LogP contribution is 2.82. The minimum atomic E-state index is -1.67. The summed E-state index contributed by atoms with van der Waals surface area (Å²) >= 11 is 0. The summed E-state index contributed by atoms with van der Waals surface area (Å²) < 4.78 is 28.2. The molecule has 0 radical (unpaired) electrons. The summed E-state index contributed by atoms with van der Waals surface area (Å²) in [7, 11) is -2.75. The third-order valence-corrected chi connectivity index (χ3v) is 11.5. The summed E-state index contributed by atoms with van der Waals surface area (Å²) in [6.07, 6.45) is 0. The van der Waals surface area contributed by atoms with Crippen LogP contribution in [0.15, 0.2) is 0 Å². The van der Waals surface area contributed by atoms with Crippen LogP contribution in [0, 0.1) is 0 Å². The zero-order valence-corrected chi connectivity index (χ0v) is 13.5. The lowest BCUT2D eigenvalue weighted by Gasteiger charge is -2.35. The van der Waals surface area contributed by atoms with Crippen LogP contribution in [0.25, 0.3) is 0 Å². The molecule has 2 aliphatic heterocycles. The molecule has 2 rings (SSSR count). The Morgan fingerprint density at radius 2 is 1.44 bits per heavy atom. The Labute approximate surface area is 106 Å². The van der Waals surface area contributed by atoms with E-state index < -0.39 is 31.0 Å². The van der Waals surface area contributed by atoms with Crippen LogP contribution in [0.3, 0.4) is 0 Å². The molecule has 2 aliphatic rings. The van der Waals surface area contributed by atoms with Crippen LogP contribution in [0.1, 0.15) is 0 Å². The second-order valence-electron chi connectivity index (χ2n) is 7.23. The number of fused-ring (bicyclic) bond motifs is 1. The fourth-order valence-corrected chi connectivity index (χ4v) is 12.0. The highest BCUT2D eigenvalue weighted by atomic mass is 28.3. The summed E-state index contributed by atoms with van der Waals surface area (Å²) in [5, 5.41) is 0. The van der Waals surface area contributed by atoms with Gasteiger partial charge in [0.2, 0.25) is 0 Å². The van der Waals surface area contributed by atoms with Crippen LogP contribution in [0.2, 0.25) is 49.0 Å². The van der Waals surface area contributed by atoms with Crippen molar-refractivity contribution in [3.63, 3.8) is 0 Å². The first kappa shape index (κ1) is 10.5. The van der Waals surface area contributed by atoms with Gasteiger partial charge in [0.05, 0.1) is 0 Å². The summed E-state index contributed by atoms with van der Waals surface area (Å²) in [6, 6.07) is 0. The van der Waals surface area contributed by atoms with Gasteiger partial charge in [0.25, 0.3) is 21.8 Å². The molecule has 2 heterocycles.